The molecule has 0 bridgehead atoms. The first-order valence-corrected chi connectivity index (χ1v) is 7.51. The molecule has 2 aromatic carbocycles. The molecule has 0 aromatic heterocycles. The molecule has 0 spiro atoms. The number of ether oxygens (including phenoxy) is 1. The van der Waals surface area contributed by atoms with Gasteiger partial charge >= 0.3 is 0 Å². The molecule has 23 heavy (non-hydrogen) atoms. The number of carbonyl (C=O) groups excluding carboxylic acids is 1. The third kappa shape index (κ3) is 5.07. The third-order valence-corrected chi connectivity index (χ3v) is 3.46. The van der Waals surface area contributed by atoms with Gasteiger partial charge in [0.05, 0.1) is 6.04 Å². The summed E-state index contributed by atoms with van der Waals surface area (Å²) >= 11 is 0. The molecule has 2 aromatic rings. The maximum atomic E-state index is 12.8. The Balaban J connectivity index is 1.89. The Morgan fingerprint density at radius 2 is 1.61 bits per heavy atom. The van der Waals surface area contributed by atoms with Crippen LogP contribution in [0.5, 0.6) is 11.5 Å². The van der Waals surface area contributed by atoms with Gasteiger partial charge in [-0.3, -0.25) is 4.79 Å². The molecule has 0 aliphatic rings. The zero-order valence-corrected chi connectivity index (χ0v) is 13.3. The van der Waals surface area contributed by atoms with Crippen molar-refractivity contribution in [2.75, 3.05) is 0 Å². The van der Waals surface area contributed by atoms with Gasteiger partial charge in [-0.05, 0) is 47.9 Å². The first kappa shape index (κ1) is 17.0. The summed E-state index contributed by atoms with van der Waals surface area (Å²) in [6.45, 7) is 4.23. The lowest BCUT2D eigenvalue weighted by atomic mass is 10.0. The highest BCUT2D eigenvalue weighted by Gasteiger charge is 2.16. The Labute approximate surface area is 135 Å². The maximum Gasteiger partial charge on any atom is 0.237 e. The van der Waals surface area contributed by atoms with E-state index in [4.69, 9.17) is 10.5 Å². The lowest BCUT2D eigenvalue weighted by Gasteiger charge is -2.15. The summed E-state index contributed by atoms with van der Waals surface area (Å²) in [6.07, 6.45) is 0. The molecule has 1 unspecified atom stereocenters. The SMILES string of the molecule is CC(C)C(N)C(=O)NCc1ccc(Oc2ccc(F)cc2)cc1. The van der Waals surface area contributed by atoms with Crippen LogP contribution in [-0.4, -0.2) is 11.9 Å². The average Bonchev–Trinajstić information content (AvgIpc) is 2.55. The Morgan fingerprint density at radius 3 is 2.13 bits per heavy atom. The zero-order chi connectivity index (χ0) is 16.8. The summed E-state index contributed by atoms with van der Waals surface area (Å²) in [7, 11) is 0. The minimum atomic E-state index is -0.504. The van der Waals surface area contributed by atoms with Crippen LogP contribution in [0.25, 0.3) is 0 Å². The molecule has 5 heteroatoms. The number of carbonyl (C=O) groups is 1. The van der Waals surface area contributed by atoms with Crippen LogP contribution >= 0.6 is 0 Å². The predicted octanol–water partition coefficient (Wildman–Crippen LogP) is 3.22. The van der Waals surface area contributed by atoms with Gasteiger partial charge in [-0.2, -0.15) is 0 Å². The molecule has 0 radical (unpaired) electrons. The van der Waals surface area contributed by atoms with Gasteiger partial charge in [0.1, 0.15) is 17.3 Å². The second-order valence-corrected chi connectivity index (χ2v) is 5.69. The van der Waals surface area contributed by atoms with Gasteiger partial charge < -0.3 is 15.8 Å². The Kier molecular flexibility index (Phi) is 5.71. The molecule has 0 fully saturated rings. The van der Waals surface area contributed by atoms with Gasteiger partial charge in [0.15, 0.2) is 0 Å². The number of benzene rings is 2. The highest BCUT2D eigenvalue weighted by molar-refractivity contribution is 5.81. The molecule has 2 rings (SSSR count). The number of halogens is 1. The topological polar surface area (TPSA) is 64.4 Å². The molecule has 0 saturated heterocycles. The standard InChI is InChI=1S/C18H21FN2O2/c1-12(2)17(20)18(22)21-11-13-3-7-15(8-4-13)23-16-9-5-14(19)6-10-16/h3-10,12,17H,11,20H2,1-2H3,(H,21,22). The van der Waals surface area contributed by atoms with Crippen molar-refractivity contribution in [2.24, 2.45) is 11.7 Å². The van der Waals surface area contributed by atoms with Gasteiger partial charge in [-0.1, -0.05) is 26.0 Å². The highest BCUT2D eigenvalue weighted by atomic mass is 19.1. The number of nitrogens with two attached hydrogens (primary N) is 1. The van der Waals surface area contributed by atoms with Crippen LogP contribution in [0, 0.1) is 11.7 Å². The van der Waals surface area contributed by atoms with Crippen molar-refractivity contribution < 1.29 is 13.9 Å². The fraction of sp³-hybridized carbons (Fsp3) is 0.278. The molecule has 0 saturated carbocycles. The molecule has 1 amide bonds. The van der Waals surface area contributed by atoms with Crippen LogP contribution in [0.15, 0.2) is 48.5 Å². The lowest BCUT2D eigenvalue weighted by Crippen LogP contribution is -2.43. The predicted molar refractivity (Wildman–Crippen MR) is 87.6 cm³/mol. The van der Waals surface area contributed by atoms with Gasteiger partial charge in [-0.15, -0.1) is 0 Å². The Morgan fingerprint density at radius 1 is 1.09 bits per heavy atom. The van der Waals surface area contributed by atoms with Crippen molar-refractivity contribution in [1.82, 2.24) is 5.32 Å². The molecule has 0 aliphatic heterocycles. The summed E-state index contributed by atoms with van der Waals surface area (Å²) in [5.41, 5.74) is 6.73. The van der Waals surface area contributed by atoms with Crippen molar-refractivity contribution in [1.29, 1.82) is 0 Å². The van der Waals surface area contributed by atoms with E-state index in [1.54, 1.807) is 24.3 Å². The number of amides is 1. The minimum Gasteiger partial charge on any atom is -0.457 e. The molecule has 0 heterocycles. The Bertz CT molecular complexity index is 639. The van der Waals surface area contributed by atoms with Crippen LogP contribution in [0.2, 0.25) is 0 Å². The third-order valence-electron chi connectivity index (χ3n) is 3.46. The van der Waals surface area contributed by atoms with E-state index in [2.05, 4.69) is 5.32 Å². The summed E-state index contributed by atoms with van der Waals surface area (Å²) in [5.74, 6) is 0.845. The highest BCUT2D eigenvalue weighted by Crippen LogP contribution is 2.21. The maximum absolute atomic E-state index is 12.8. The van der Waals surface area contributed by atoms with Gasteiger partial charge in [-0.25, -0.2) is 4.39 Å². The summed E-state index contributed by atoms with van der Waals surface area (Å²) in [5, 5.41) is 2.81. The number of hydrogen-bond acceptors (Lipinski definition) is 3. The molecular weight excluding hydrogens is 295 g/mol. The molecule has 3 N–H and O–H groups in total. The second-order valence-electron chi connectivity index (χ2n) is 5.69. The quantitative estimate of drug-likeness (QED) is 0.860. The number of nitrogens with one attached hydrogen (secondary N) is 1. The molecule has 4 nitrogen and oxygen atoms in total. The first-order chi connectivity index (χ1) is 11.0. The average molecular weight is 316 g/mol. The van der Waals surface area contributed by atoms with E-state index in [0.717, 1.165) is 5.56 Å². The van der Waals surface area contributed by atoms with Crippen LogP contribution in [0.3, 0.4) is 0 Å². The van der Waals surface area contributed by atoms with Gasteiger partial charge in [0, 0.05) is 6.54 Å². The van der Waals surface area contributed by atoms with E-state index in [1.807, 2.05) is 26.0 Å². The largest absolute Gasteiger partial charge is 0.457 e. The van der Waals surface area contributed by atoms with Crippen LogP contribution < -0.4 is 15.8 Å². The van der Waals surface area contributed by atoms with Gasteiger partial charge in [0.2, 0.25) is 5.91 Å². The van der Waals surface area contributed by atoms with Crippen molar-refractivity contribution in [3.63, 3.8) is 0 Å². The molecule has 122 valence electrons. The zero-order valence-electron chi connectivity index (χ0n) is 13.3. The first-order valence-electron chi connectivity index (χ1n) is 7.51. The van der Waals surface area contributed by atoms with E-state index in [9.17, 15) is 9.18 Å². The van der Waals surface area contributed by atoms with E-state index in [1.165, 1.54) is 12.1 Å². The van der Waals surface area contributed by atoms with Crippen molar-refractivity contribution in [2.45, 2.75) is 26.4 Å². The normalized spacial score (nSPS) is 12.0. The Hall–Kier alpha value is -2.40. The van der Waals surface area contributed by atoms with E-state index >= 15 is 0 Å². The van der Waals surface area contributed by atoms with Gasteiger partial charge in [0.25, 0.3) is 0 Å². The minimum absolute atomic E-state index is 0.0986. The van der Waals surface area contributed by atoms with Crippen molar-refractivity contribution in [3.8, 4) is 11.5 Å². The number of rotatable bonds is 6. The summed E-state index contributed by atoms with van der Waals surface area (Å²) in [6, 6.07) is 12.6. The summed E-state index contributed by atoms with van der Waals surface area (Å²) < 4.78 is 18.4. The van der Waals surface area contributed by atoms with Crippen LogP contribution in [0.1, 0.15) is 19.4 Å². The summed E-state index contributed by atoms with van der Waals surface area (Å²) in [4.78, 5) is 11.8. The molecule has 1 atom stereocenters. The second kappa shape index (κ2) is 7.74. The van der Waals surface area contributed by atoms with E-state index in [-0.39, 0.29) is 17.6 Å². The molecule has 0 aliphatic carbocycles. The monoisotopic (exact) mass is 316 g/mol. The molecular formula is C18H21FN2O2. The van der Waals surface area contributed by atoms with E-state index in [0.29, 0.717) is 18.0 Å². The van der Waals surface area contributed by atoms with Crippen LogP contribution in [0.4, 0.5) is 4.39 Å². The number of hydrogen-bond donors (Lipinski definition) is 2. The fourth-order valence-electron chi connectivity index (χ4n) is 1.92. The fourth-order valence-corrected chi connectivity index (χ4v) is 1.92. The van der Waals surface area contributed by atoms with E-state index < -0.39 is 6.04 Å². The van der Waals surface area contributed by atoms with Crippen LogP contribution in [-0.2, 0) is 11.3 Å². The van der Waals surface area contributed by atoms with Crippen molar-refractivity contribution in [3.05, 3.63) is 59.9 Å². The lowest BCUT2D eigenvalue weighted by molar-refractivity contribution is -0.123. The smallest absolute Gasteiger partial charge is 0.237 e. The van der Waals surface area contributed by atoms with Crippen molar-refractivity contribution >= 4 is 5.91 Å².